The van der Waals surface area contributed by atoms with Crippen LogP contribution in [0.25, 0.3) is 10.9 Å². The summed E-state index contributed by atoms with van der Waals surface area (Å²) in [5.41, 5.74) is 2.39. The standard InChI is InChI=1S/C28H27N3O4S/c1-3-30(20-10-8-9-19(2)15-20)26(32)18-36-28-29-23-12-5-4-11-22(23)27(33)31(28)16-21-17-34-24-13-6-7-14-25(24)35-21/h4-15,21H,3,16-18H2,1-2H3/t21-/m0/s1. The van der Waals surface area contributed by atoms with Crippen LogP contribution in [0.2, 0.25) is 0 Å². The summed E-state index contributed by atoms with van der Waals surface area (Å²) in [5, 5.41) is 1.01. The molecule has 8 heteroatoms. The molecule has 0 N–H and O–H groups in total. The Hall–Kier alpha value is -3.78. The fraction of sp³-hybridized carbons (Fsp3) is 0.250. The molecule has 0 radical (unpaired) electrons. The maximum atomic E-state index is 13.5. The minimum absolute atomic E-state index is 0.0479. The average Bonchev–Trinajstić information content (AvgIpc) is 2.90. The first-order valence-corrected chi connectivity index (χ1v) is 12.9. The number of thioether (sulfide) groups is 1. The second-order valence-electron chi connectivity index (χ2n) is 8.59. The topological polar surface area (TPSA) is 73.7 Å². The van der Waals surface area contributed by atoms with E-state index in [2.05, 4.69) is 0 Å². The summed E-state index contributed by atoms with van der Waals surface area (Å²) in [5.74, 6) is 1.44. The predicted molar refractivity (Wildman–Crippen MR) is 142 cm³/mol. The molecule has 0 spiro atoms. The lowest BCUT2D eigenvalue weighted by molar-refractivity contribution is -0.116. The Bertz CT molecular complexity index is 1470. The number of carbonyl (C=O) groups is 1. The first-order chi connectivity index (χ1) is 17.5. The van der Waals surface area contributed by atoms with E-state index in [4.69, 9.17) is 14.5 Å². The lowest BCUT2D eigenvalue weighted by atomic mass is 10.2. The number of fused-ring (bicyclic) bond motifs is 2. The summed E-state index contributed by atoms with van der Waals surface area (Å²) in [4.78, 5) is 33.2. The normalized spacial score (nSPS) is 14.6. The SMILES string of the molecule is CCN(C(=O)CSc1nc2ccccc2c(=O)n1C[C@H]1COc2ccccc2O1)c1cccc(C)c1. The molecule has 0 aliphatic carbocycles. The van der Waals surface area contributed by atoms with E-state index in [1.54, 1.807) is 15.5 Å². The zero-order valence-electron chi connectivity index (χ0n) is 20.2. The zero-order chi connectivity index (χ0) is 25.1. The number of anilines is 1. The van der Waals surface area contributed by atoms with Crippen molar-refractivity contribution in [1.29, 1.82) is 0 Å². The molecule has 2 heterocycles. The summed E-state index contributed by atoms with van der Waals surface area (Å²) in [6, 6.07) is 22.6. The van der Waals surface area contributed by atoms with E-state index in [0.29, 0.717) is 40.7 Å². The van der Waals surface area contributed by atoms with Gasteiger partial charge in [0.25, 0.3) is 5.56 Å². The number of para-hydroxylation sites is 3. The van der Waals surface area contributed by atoms with Crippen LogP contribution in [-0.4, -0.2) is 40.5 Å². The minimum atomic E-state index is -0.366. The van der Waals surface area contributed by atoms with Crippen LogP contribution in [0.1, 0.15) is 12.5 Å². The Morgan fingerprint density at radius 1 is 1.08 bits per heavy atom. The maximum absolute atomic E-state index is 13.5. The molecule has 1 aromatic heterocycles. The van der Waals surface area contributed by atoms with Gasteiger partial charge in [0.2, 0.25) is 5.91 Å². The Morgan fingerprint density at radius 3 is 2.67 bits per heavy atom. The molecule has 5 rings (SSSR count). The van der Waals surface area contributed by atoms with Crippen LogP contribution in [0, 0.1) is 6.92 Å². The number of carbonyl (C=O) groups excluding carboxylic acids is 1. The number of rotatable bonds is 7. The van der Waals surface area contributed by atoms with Crippen LogP contribution in [0.4, 0.5) is 5.69 Å². The van der Waals surface area contributed by atoms with E-state index in [0.717, 1.165) is 11.3 Å². The zero-order valence-corrected chi connectivity index (χ0v) is 21.0. The smallest absolute Gasteiger partial charge is 0.262 e. The average molecular weight is 502 g/mol. The van der Waals surface area contributed by atoms with Crippen molar-refractivity contribution in [3.8, 4) is 11.5 Å². The second-order valence-corrected chi connectivity index (χ2v) is 9.53. The van der Waals surface area contributed by atoms with Crippen molar-refractivity contribution < 1.29 is 14.3 Å². The van der Waals surface area contributed by atoms with Gasteiger partial charge in [-0.2, -0.15) is 0 Å². The van der Waals surface area contributed by atoms with Crippen molar-refractivity contribution in [2.75, 3.05) is 23.8 Å². The fourth-order valence-corrected chi connectivity index (χ4v) is 5.16. The highest BCUT2D eigenvalue weighted by Gasteiger charge is 2.24. The second kappa shape index (κ2) is 10.5. The first kappa shape index (κ1) is 23.9. The number of ether oxygens (including phenoxy) is 2. The molecule has 1 amide bonds. The molecule has 0 bridgehead atoms. The Balaban J connectivity index is 1.41. The summed E-state index contributed by atoms with van der Waals surface area (Å²) in [7, 11) is 0. The lowest BCUT2D eigenvalue weighted by Gasteiger charge is -2.27. The third kappa shape index (κ3) is 4.95. The lowest BCUT2D eigenvalue weighted by Crippen LogP contribution is -2.38. The van der Waals surface area contributed by atoms with Crippen LogP contribution in [0.15, 0.2) is 82.7 Å². The fourth-order valence-electron chi connectivity index (χ4n) is 4.28. The van der Waals surface area contributed by atoms with Gasteiger partial charge < -0.3 is 14.4 Å². The molecule has 0 fully saturated rings. The number of hydrogen-bond donors (Lipinski definition) is 0. The van der Waals surface area contributed by atoms with Crippen LogP contribution in [0.5, 0.6) is 11.5 Å². The van der Waals surface area contributed by atoms with E-state index in [9.17, 15) is 9.59 Å². The van der Waals surface area contributed by atoms with E-state index in [1.165, 1.54) is 11.8 Å². The van der Waals surface area contributed by atoms with Crippen molar-refractivity contribution >= 4 is 34.3 Å². The molecule has 1 aliphatic heterocycles. The van der Waals surface area contributed by atoms with Crippen molar-refractivity contribution in [1.82, 2.24) is 9.55 Å². The molecule has 7 nitrogen and oxygen atoms in total. The molecule has 0 saturated heterocycles. The maximum Gasteiger partial charge on any atom is 0.262 e. The van der Waals surface area contributed by atoms with Crippen LogP contribution < -0.4 is 19.9 Å². The molecule has 3 aromatic carbocycles. The largest absolute Gasteiger partial charge is 0.486 e. The molecule has 4 aromatic rings. The van der Waals surface area contributed by atoms with E-state index < -0.39 is 0 Å². The van der Waals surface area contributed by atoms with E-state index >= 15 is 0 Å². The quantitative estimate of drug-likeness (QED) is 0.270. The van der Waals surface area contributed by atoms with Gasteiger partial charge in [-0.25, -0.2) is 4.98 Å². The van der Waals surface area contributed by atoms with Gasteiger partial charge in [0.1, 0.15) is 6.61 Å². The molecular weight excluding hydrogens is 474 g/mol. The summed E-state index contributed by atoms with van der Waals surface area (Å²) >= 11 is 1.27. The van der Waals surface area contributed by atoms with Crippen molar-refractivity contribution in [2.45, 2.75) is 31.7 Å². The van der Waals surface area contributed by atoms with E-state index in [1.807, 2.05) is 80.6 Å². The number of nitrogens with zero attached hydrogens (tertiary/aromatic N) is 3. The molecule has 184 valence electrons. The van der Waals surface area contributed by atoms with Crippen LogP contribution >= 0.6 is 11.8 Å². The van der Waals surface area contributed by atoms with Crippen molar-refractivity contribution in [2.24, 2.45) is 0 Å². The third-order valence-electron chi connectivity index (χ3n) is 6.04. The molecule has 36 heavy (non-hydrogen) atoms. The molecule has 0 saturated carbocycles. The Kier molecular flexibility index (Phi) is 6.95. The monoisotopic (exact) mass is 501 g/mol. The van der Waals surface area contributed by atoms with Gasteiger partial charge in [-0.1, -0.05) is 48.2 Å². The highest BCUT2D eigenvalue weighted by Crippen LogP contribution is 2.31. The predicted octanol–water partition coefficient (Wildman–Crippen LogP) is 4.69. The van der Waals surface area contributed by atoms with Crippen LogP contribution in [0.3, 0.4) is 0 Å². The molecule has 1 atom stereocenters. The van der Waals surface area contributed by atoms with Gasteiger partial charge in [0.15, 0.2) is 22.8 Å². The van der Waals surface area contributed by atoms with Crippen LogP contribution in [-0.2, 0) is 11.3 Å². The van der Waals surface area contributed by atoms with Gasteiger partial charge in [-0.15, -0.1) is 0 Å². The number of aryl methyl sites for hydroxylation is 1. The van der Waals surface area contributed by atoms with Gasteiger partial charge in [0, 0.05) is 12.2 Å². The number of amides is 1. The van der Waals surface area contributed by atoms with Gasteiger partial charge in [-0.3, -0.25) is 14.2 Å². The Morgan fingerprint density at radius 2 is 1.86 bits per heavy atom. The first-order valence-electron chi connectivity index (χ1n) is 11.9. The molecule has 1 aliphatic rings. The van der Waals surface area contributed by atoms with Crippen molar-refractivity contribution in [3.05, 3.63) is 88.7 Å². The summed E-state index contributed by atoms with van der Waals surface area (Å²) < 4.78 is 13.6. The van der Waals surface area contributed by atoms with E-state index in [-0.39, 0.29) is 29.9 Å². The minimum Gasteiger partial charge on any atom is -0.486 e. The Labute approximate surface area is 213 Å². The summed E-state index contributed by atoms with van der Waals surface area (Å²) in [6.07, 6.45) is -0.366. The highest BCUT2D eigenvalue weighted by atomic mass is 32.2. The third-order valence-corrected chi connectivity index (χ3v) is 7.00. The molecule has 0 unspecified atom stereocenters. The van der Waals surface area contributed by atoms with Gasteiger partial charge >= 0.3 is 0 Å². The van der Waals surface area contributed by atoms with Gasteiger partial charge in [-0.05, 0) is 55.8 Å². The van der Waals surface area contributed by atoms with Crippen molar-refractivity contribution in [3.63, 3.8) is 0 Å². The number of hydrogen-bond acceptors (Lipinski definition) is 6. The van der Waals surface area contributed by atoms with Gasteiger partial charge in [0.05, 0.1) is 23.2 Å². The number of benzene rings is 3. The highest BCUT2D eigenvalue weighted by molar-refractivity contribution is 7.99. The number of aromatic nitrogens is 2. The molecular formula is C28H27N3O4S. The summed E-state index contributed by atoms with van der Waals surface area (Å²) in [6.45, 7) is 5.08.